The van der Waals surface area contributed by atoms with Gasteiger partial charge in [-0.3, -0.25) is 4.79 Å². The zero-order valence-corrected chi connectivity index (χ0v) is 12.3. The number of pyridine rings is 1. The third kappa shape index (κ3) is 2.51. The van der Waals surface area contributed by atoms with Crippen molar-refractivity contribution in [3.05, 3.63) is 22.3 Å². The summed E-state index contributed by atoms with van der Waals surface area (Å²) in [5.74, 6) is 0.286. The van der Waals surface area contributed by atoms with Crippen LogP contribution in [0.1, 0.15) is 43.5 Å². The van der Waals surface area contributed by atoms with E-state index in [-0.39, 0.29) is 18.0 Å². The van der Waals surface area contributed by atoms with Gasteiger partial charge in [0.15, 0.2) is 0 Å². The van der Waals surface area contributed by atoms with Crippen molar-refractivity contribution in [2.45, 2.75) is 45.2 Å². The number of halogens is 1. The van der Waals surface area contributed by atoms with Crippen LogP contribution in [0.4, 0.5) is 5.82 Å². The molecule has 1 aliphatic heterocycles. The summed E-state index contributed by atoms with van der Waals surface area (Å²) in [4.78, 5) is 18.5. The number of nitrogen functional groups attached to an aromatic ring is 1. The lowest BCUT2D eigenvalue weighted by Crippen LogP contribution is -2.47. The van der Waals surface area contributed by atoms with Gasteiger partial charge in [0, 0.05) is 22.8 Å². The SMILES string of the molecule is C[C@@H]1CCC[C@H](C)N1C(=O)c1cc(Br)cnc1N. The standard InChI is InChI=1S/C13H18BrN3O/c1-8-4-3-5-9(2)17(8)13(18)11-6-10(14)7-16-12(11)15/h6-9H,3-5H2,1-2H3,(H2,15,16)/t8-,9+. The molecule has 0 bridgehead atoms. The zero-order chi connectivity index (χ0) is 13.3. The predicted octanol–water partition coefficient (Wildman–Crippen LogP) is 2.83. The van der Waals surface area contributed by atoms with E-state index in [2.05, 4.69) is 34.8 Å². The molecule has 4 nitrogen and oxygen atoms in total. The van der Waals surface area contributed by atoms with Crippen molar-refractivity contribution in [1.29, 1.82) is 0 Å². The van der Waals surface area contributed by atoms with Crippen molar-refractivity contribution < 1.29 is 4.79 Å². The second kappa shape index (κ2) is 5.26. The van der Waals surface area contributed by atoms with Gasteiger partial charge in [0.2, 0.25) is 0 Å². The monoisotopic (exact) mass is 311 g/mol. The highest BCUT2D eigenvalue weighted by Gasteiger charge is 2.30. The van der Waals surface area contributed by atoms with Gasteiger partial charge in [-0.05, 0) is 55.1 Å². The molecule has 2 atom stereocenters. The first-order valence-corrected chi connectivity index (χ1v) is 7.03. The molecule has 0 radical (unpaired) electrons. The first-order chi connectivity index (χ1) is 8.50. The smallest absolute Gasteiger partial charge is 0.258 e. The van der Waals surface area contributed by atoms with Gasteiger partial charge >= 0.3 is 0 Å². The summed E-state index contributed by atoms with van der Waals surface area (Å²) >= 11 is 3.33. The van der Waals surface area contributed by atoms with Crippen LogP contribution in [0, 0.1) is 0 Å². The Hall–Kier alpha value is -1.10. The van der Waals surface area contributed by atoms with Crippen molar-refractivity contribution in [2.24, 2.45) is 0 Å². The molecule has 1 fully saturated rings. The molecule has 0 spiro atoms. The van der Waals surface area contributed by atoms with Gasteiger partial charge in [-0.2, -0.15) is 0 Å². The maximum atomic E-state index is 12.6. The molecule has 1 aromatic rings. The van der Waals surface area contributed by atoms with Crippen LogP contribution in [0.2, 0.25) is 0 Å². The number of hydrogen-bond acceptors (Lipinski definition) is 3. The van der Waals surface area contributed by atoms with E-state index in [1.54, 1.807) is 12.3 Å². The van der Waals surface area contributed by atoms with Gasteiger partial charge in [-0.15, -0.1) is 0 Å². The Labute approximate surface area is 116 Å². The average molecular weight is 312 g/mol. The molecule has 2 N–H and O–H groups in total. The predicted molar refractivity (Wildman–Crippen MR) is 75.3 cm³/mol. The van der Waals surface area contributed by atoms with Crippen LogP contribution in [0.5, 0.6) is 0 Å². The van der Waals surface area contributed by atoms with Crippen molar-refractivity contribution in [3.63, 3.8) is 0 Å². The summed E-state index contributed by atoms with van der Waals surface area (Å²) in [5.41, 5.74) is 6.30. The molecule has 0 unspecified atom stereocenters. The van der Waals surface area contributed by atoms with Crippen LogP contribution in [-0.4, -0.2) is 27.9 Å². The Kier molecular flexibility index (Phi) is 3.90. The Morgan fingerprint density at radius 1 is 1.44 bits per heavy atom. The zero-order valence-electron chi connectivity index (χ0n) is 10.7. The van der Waals surface area contributed by atoms with Crippen molar-refractivity contribution in [2.75, 3.05) is 5.73 Å². The summed E-state index contributed by atoms with van der Waals surface area (Å²) in [7, 11) is 0. The molecular formula is C13H18BrN3O. The molecule has 0 saturated carbocycles. The average Bonchev–Trinajstić information content (AvgIpc) is 2.32. The lowest BCUT2D eigenvalue weighted by molar-refractivity contribution is 0.0511. The van der Waals surface area contributed by atoms with Crippen molar-refractivity contribution in [3.8, 4) is 0 Å². The van der Waals surface area contributed by atoms with E-state index in [0.717, 1.165) is 17.3 Å². The second-order valence-electron chi connectivity index (χ2n) is 4.93. The summed E-state index contributed by atoms with van der Waals surface area (Å²) in [5, 5.41) is 0. The highest BCUT2D eigenvalue weighted by molar-refractivity contribution is 9.10. The van der Waals surface area contributed by atoms with Gasteiger partial charge < -0.3 is 10.6 Å². The first-order valence-electron chi connectivity index (χ1n) is 6.24. The van der Waals surface area contributed by atoms with E-state index in [0.29, 0.717) is 11.4 Å². The van der Waals surface area contributed by atoms with E-state index in [9.17, 15) is 4.79 Å². The second-order valence-corrected chi connectivity index (χ2v) is 5.84. The topological polar surface area (TPSA) is 59.2 Å². The molecule has 18 heavy (non-hydrogen) atoms. The minimum Gasteiger partial charge on any atom is -0.383 e. The van der Waals surface area contributed by atoms with Gasteiger partial charge in [-0.1, -0.05) is 0 Å². The van der Waals surface area contributed by atoms with E-state index in [4.69, 9.17) is 5.73 Å². The van der Waals surface area contributed by atoms with Gasteiger partial charge in [0.1, 0.15) is 5.82 Å². The lowest BCUT2D eigenvalue weighted by atomic mass is 9.96. The van der Waals surface area contributed by atoms with Crippen molar-refractivity contribution in [1.82, 2.24) is 9.88 Å². The summed E-state index contributed by atoms with van der Waals surface area (Å²) in [6, 6.07) is 2.28. The molecule has 98 valence electrons. The highest BCUT2D eigenvalue weighted by atomic mass is 79.9. The van der Waals surface area contributed by atoms with Crippen LogP contribution in [-0.2, 0) is 0 Å². The van der Waals surface area contributed by atoms with Crippen LogP contribution in [0.15, 0.2) is 16.7 Å². The maximum Gasteiger partial charge on any atom is 0.258 e. The number of aromatic nitrogens is 1. The molecule has 0 aliphatic carbocycles. The first kappa shape index (κ1) is 13.3. The lowest BCUT2D eigenvalue weighted by Gasteiger charge is -2.39. The third-order valence-electron chi connectivity index (χ3n) is 3.54. The van der Waals surface area contributed by atoms with E-state index in [1.165, 1.54) is 6.42 Å². The molecule has 1 aliphatic rings. The summed E-state index contributed by atoms with van der Waals surface area (Å²) in [6.07, 6.45) is 4.89. The molecular weight excluding hydrogens is 294 g/mol. The number of hydrogen-bond donors (Lipinski definition) is 1. The fraction of sp³-hybridized carbons (Fsp3) is 0.538. The molecule has 5 heteroatoms. The molecule has 2 rings (SSSR count). The third-order valence-corrected chi connectivity index (χ3v) is 3.98. The Balaban J connectivity index is 2.32. The van der Waals surface area contributed by atoms with Crippen LogP contribution in [0.3, 0.4) is 0 Å². The highest BCUT2D eigenvalue weighted by Crippen LogP contribution is 2.26. The quantitative estimate of drug-likeness (QED) is 0.867. The molecule has 2 heterocycles. The normalized spacial score (nSPS) is 24.1. The number of likely N-dealkylation sites (tertiary alicyclic amines) is 1. The van der Waals surface area contributed by atoms with Gasteiger partial charge in [0.25, 0.3) is 5.91 Å². The van der Waals surface area contributed by atoms with Gasteiger partial charge in [-0.25, -0.2) is 4.98 Å². The number of piperidine rings is 1. The molecule has 1 saturated heterocycles. The van der Waals surface area contributed by atoms with Crippen LogP contribution < -0.4 is 5.73 Å². The number of anilines is 1. The number of rotatable bonds is 1. The fourth-order valence-corrected chi connectivity index (χ4v) is 2.91. The largest absolute Gasteiger partial charge is 0.383 e. The molecule has 1 aromatic heterocycles. The number of carbonyl (C=O) groups excluding carboxylic acids is 1. The maximum absolute atomic E-state index is 12.6. The molecule has 0 aromatic carbocycles. The van der Waals surface area contributed by atoms with Crippen LogP contribution >= 0.6 is 15.9 Å². The number of nitrogens with two attached hydrogens (primary N) is 1. The van der Waals surface area contributed by atoms with Crippen LogP contribution in [0.25, 0.3) is 0 Å². The van der Waals surface area contributed by atoms with Gasteiger partial charge in [0.05, 0.1) is 5.56 Å². The van der Waals surface area contributed by atoms with E-state index >= 15 is 0 Å². The van der Waals surface area contributed by atoms with E-state index in [1.807, 2.05) is 4.90 Å². The van der Waals surface area contributed by atoms with Crippen molar-refractivity contribution >= 4 is 27.7 Å². The molecule has 1 amide bonds. The summed E-state index contributed by atoms with van der Waals surface area (Å²) < 4.78 is 0.775. The van der Waals surface area contributed by atoms with E-state index < -0.39 is 0 Å². The fourth-order valence-electron chi connectivity index (χ4n) is 2.58. The Morgan fingerprint density at radius 2 is 2.06 bits per heavy atom. The number of carbonyl (C=O) groups is 1. The number of nitrogens with zero attached hydrogens (tertiary/aromatic N) is 2. The minimum absolute atomic E-state index is 0.0130. The number of amides is 1. The Morgan fingerprint density at radius 3 is 2.67 bits per heavy atom. The summed E-state index contributed by atoms with van der Waals surface area (Å²) in [6.45, 7) is 4.18. The minimum atomic E-state index is -0.0130. The Bertz CT molecular complexity index is 454.